The van der Waals surface area contributed by atoms with Crippen molar-refractivity contribution in [3.8, 4) is 11.5 Å². The zero-order chi connectivity index (χ0) is 20.2. The molecule has 0 amide bonds. The monoisotopic (exact) mass is 411 g/mol. The second-order valence-electron chi connectivity index (χ2n) is 5.97. The molecule has 2 aromatic carbocycles. The molecule has 0 fully saturated rings. The van der Waals surface area contributed by atoms with Crippen molar-refractivity contribution < 1.29 is 26.1 Å². The molecule has 0 spiro atoms. The maximum atomic E-state index is 11.4. The molecule has 2 aromatic rings. The number of nitrogens with two attached hydrogens (primary N) is 2. The van der Waals surface area contributed by atoms with Gasteiger partial charge in [-0.25, -0.2) is 16.8 Å². The maximum Gasteiger partial charge on any atom is 0.658 e. The molecule has 1 radical (unpaired) electrons. The van der Waals surface area contributed by atoms with Crippen molar-refractivity contribution in [2.24, 2.45) is 11.5 Å². The van der Waals surface area contributed by atoms with Gasteiger partial charge in [0.15, 0.2) is 19.7 Å². The molecule has 4 N–H and O–H groups in total. The number of hydrogen-bond acceptors (Lipinski definition) is 8. The zero-order valence-corrected chi connectivity index (χ0v) is 16.4. The molecule has 0 heterocycles. The van der Waals surface area contributed by atoms with Crippen LogP contribution < -0.4 is 20.8 Å². The molecular formula is C16H20BN2O6S2. The third-order valence-electron chi connectivity index (χ3n) is 3.71. The molecule has 145 valence electrons. The highest BCUT2D eigenvalue weighted by molar-refractivity contribution is 7.91. The second kappa shape index (κ2) is 8.30. The topological polar surface area (TPSA) is 139 Å². The molecule has 0 aliphatic rings. The van der Waals surface area contributed by atoms with Crippen molar-refractivity contribution in [2.45, 2.75) is 10.7 Å². The Morgan fingerprint density at radius 1 is 0.704 bits per heavy atom. The summed E-state index contributed by atoms with van der Waals surface area (Å²) in [5.74, 6) is 0.852. The predicted molar refractivity (Wildman–Crippen MR) is 103 cm³/mol. The highest BCUT2D eigenvalue weighted by Crippen LogP contribution is 2.21. The Kier molecular flexibility index (Phi) is 6.52. The van der Waals surface area contributed by atoms with Crippen LogP contribution in [0.25, 0.3) is 0 Å². The zero-order valence-electron chi connectivity index (χ0n) is 14.8. The van der Waals surface area contributed by atoms with Crippen LogP contribution in [0.15, 0.2) is 48.5 Å². The molecule has 0 aliphatic heterocycles. The van der Waals surface area contributed by atoms with Gasteiger partial charge in [-0.15, -0.1) is 0 Å². The number of rotatable bonds is 8. The third kappa shape index (κ3) is 5.96. The fourth-order valence-electron chi connectivity index (χ4n) is 2.10. The normalized spacial score (nSPS) is 14.2. The summed E-state index contributed by atoms with van der Waals surface area (Å²) >= 11 is 0. The fourth-order valence-corrected chi connectivity index (χ4v) is 3.40. The molecule has 0 saturated heterocycles. The molecule has 2 atom stereocenters. The van der Waals surface area contributed by atoms with Crippen molar-refractivity contribution in [3.63, 3.8) is 0 Å². The Bertz CT molecular complexity index is 895. The first-order valence-electron chi connectivity index (χ1n) is 7.72. The summed E-state index contributed by atoms with van der Waals surface area (Å²) in [6.45, 7) is 0. The lowest BCUT2D eigenvalue weighted by atomic mass is 10.2. The van der Waals surface area contributed by atoms with Gasteiger partial charge in [-0.05, 0) is 35.4 Å². The first-order chi connectivity index (χ1) is 12.5. The van der Waals surface area contributed by atoms with Crippen LogP contribution in [0.3, 0.4) is 0 Å². The Hall–Kier alpha value is -2.08. The van der Waals surface area contributed by atoms with Gasteiger partial charge in [0.2, 0.25) is 0 Å². The lowest BCUT2D eigenvalue weighted by molar-refractivity contribution is 0.458. The lowest BCUT2D eigenvalue weighted by Crippen LogP contribution is -2.20. The van der Waals surface area contributed by atoms with Crippen LogP contribution in [0.4, 0.5) is 0 Å². The number of sulfone groups is 2. The predicted octanol–water partition coefficient (Wildman–Crippen LogP) is 0.682. The molecule has 0 aromatic heterocycles. The number of benzene rings is 2. The van der Waals surface area contributed by atoms with Gasteiger partial charge in [0, 0.05) is 12.5 Å². The van der Waals surface area contributed by atoms with E-state index in [4.69, 9.17) is 20.8 Å². The number of hydrogen-bond donors (Lipinski definition) is 2. The van der Waals surface area contributed by atoms with Crippen molar-refractivity contribution >= 4 is 27.4 Å². The standard InChI is InChI=1S/C16H20BN2O6S2/c1-26(20,21)15(18)11-3-7-13(8-4-11)24-17-25-14-9-5-12(6-10-14)16(19)27(2,22)23/h3-10,15-16H,18-19H2,1-2H3. The minimum absolute atomic E-state index is 0.426. The van der Waals surface area contributed by atoms with Gasteiger partial charge >= 0.3 is 7.69 Å². The van der Waals surface area contributed by atoms with Gasteiger partial charge in [0.25, 0.3) is 0 Å². The molecule has 2 rings (SSSR count). The Labute approximate surface area is 159 Å². The van der Waals surface area contributed by atoms with E-state index in [2.05, 4.69) is 0 Å². The average Bonchev–Trinajstić information content (AvgIpc) is 2.60. The van der Waals surface area contributed by atoms with Gasteiger partial charge in [0.05, 0.1) is 0 Å². The second-order valence-corrected chi connectivity index (χ2v) is 10.3. The Morgan fingerprint density at radius 3 is 1.26 bits per heavy atom. The van der Waals surface area contributed by atoms with E-state index in [1.165, 1.54) is 0 Å². The van der Waals surface area contributed by atoms with Gasteiger partial charge < -0.3 is 20.8 Å². The quantitative estimate of drug-likeness (QED) is 0.605. The Balaban J connectivity index is 1.91. The average molecular weight is 411 g/mol. The van der Waals surface area contributed by atoms with E-state index in [1.807, 2.05) is 0 Å². The Morgan fingerprint density at radius 2 is 1.00 bits per heavy atom. The molecule has 27 heavy (non-hydrogen) atoms. The summed E-state index contributed by atoms with van der Waals surface area (Å²) in [4.78, 5) is 0. The lowest BCUT2D eigenvalue weighted by Gasteiger charge is -2.12. The molecule has 8 nitrogen and oxygen atoms in total. The largest absolute Gasteiger partial charge is 0.658 e. The maximum absolute atomic E-state index is 11.4. The van der Waals surface area contributed by atoms with Crippen LogP contribution in [0.1, 0.15) is 21.9 Å². The molecule has 11 heteroatoms. The van der Waals surface area contributed by atoms with Crippen LogP contribution in [-0.2, 0) is 19.7 Å². The van der Waals surface area contributed by atoms with E-state index in [-0.39, 0.29) is 0 Å². The molecule has 0 aliphatic carbocycles. The van der Waals surface area contributed by atoms with Gasteiger partial charge in [0.1, 0.15) is 22.2 Å². The summed E-state index contributed by atoms with van der Waals surface area (Å²) in [7, 11) is -5.67. The molecule has 0 saturated carbocycles. The molecule has 0 bridgehead atoms. The summed E-state index contributed by atoms with van der Waals surface area (Å²) in [6, 6.07) is 12.5. The summed E-state index contributed by atoms with van der Waals surface area (Å²) in [5.41, 5.74) is 12.2. The van der Waals surface area contributed by atoms with E-state index in [9.17, 15) is 16.8 Å². The minimum Gasteiger partial charge on any atom is -0.526 e. The highest BCUT2D eigenvalue weighted by atomic mass is 32.2. The van der Waals surface area contributed by atoms with Crippen LogP contribution >= 0.6 is 0 Å². The van der Waals surface area contributed by atoms with Crippen molar-refractivity contribution in [1.82, 2.24) is 0 Å². The van der Waals surface area contributed by atoms with Gasteiger partial charge in [-0.2, -0.15) is 0 Å². The van der Waals surface area contributed by atoms with Crippen LogP contribution in [0, 0.1) is 0 Å². The fraction of sp³-hybridized carbons (Fsp3) is 0.250. The first-order valence-corrected chi connectivity index (χ1v) is 11.6. The molecular weight excluding hydrogens is 391 g/mol. The summed E-state index contributed by atoms with van der Waals surface area (Å²) in [6.07, 6.45) is 2.13. The minimum atomic E-state index is -3.38. The van der Waals surface area contributed by atoms with Crippen LogP contribution in [0.2, 0.25) is 0 Å². The van der Waals surface area contributed by atoms with E-state index in [0.717, 1.165) is 20.2 Å². The van der Waals surface area contributed by atoms with E-state index < -0.39 is 30.4 Å². The SMILES string of the molecule is CS(=O)(=O)C(N)c1ccc(O[B]Oc2ccc(C(N)S(C)(=O)=O)cc2)cc1. The van der Waals surface area contributed by atoms with E-state index >= 15 is 0 Å². The van der Waals surface area contributed by atoms with Crippen molar-refractivity contribution in [1.29, 1.82) is 0 Å². The van der Waals surface area contributed by atoms with Crippen molar-refractivity contribution in [2.75, 3.05) is 12.5 Å². The summed E-state index contributed by atoms with van der Waals surface area (Å²) in [5, 5.41) is -2.19. The van der Waals surface area contributed by atoms with Crippen LogP contribution in [0.5, 0.6) is 11.5 Å². The first kappa shape index (κ1) is 21.2. The van der Waals surface area contributed by atoms with E-state index in [0.29, 0.717) is 22.6 Å². The highest BCUT2D eigenvalue weighted by Gasteiger charge is 2.18. The molecule has 2 unspecified atom stereocenters. The van der Waals surface area contributed by atoms with Gasteiger partial charge in [-0.3, -0.25) is 0 Å². The van der Waals surface area contributed by atoms with E-state index in [1.54, 1.807) is 48.5 Å². The van der Waals surface area contributed by atoms with Gasteiger partial charge in [-0.1, -0.05) is 24.3 Å². The smallest absolute Gasteiger partial charge is 0.526 e. The van der Waals surface area contributed by atoms with Crippen LogP contribution in [-0.4, -0.2) is 37.0 Å². The third-order valence-corrected chi connectivity index (χ3v) is 6.10. The van der Waals surface area contributed by atoms with Crippen molar-refractivity contribution in [3.05, 3.63) is 59.7 Å². The summed E-state index contributed by atoms with van der Waals surface area (Å²) < 4.78 is 56.4.